The van der Waals surface area contributed by atoms with E-state index < -0.39 is 80.1 Å². The van der Waals surface area contributed by atoms with Crippen LogP contribution in [0.5, 0.6) is 0 Å². The second-order valence-corrected chi connectivity index (χ2v) is 9.51. The average molecular weight is 698 g/mol. The molecule has 246 valence electrons. The molecule has 0 aliphatic rings. The van der Waals surface area contributed by atoms with E-state index in [4.69, 9.17) is 0 Å². The summed E-state index contributed by atoms with van der Waals surface area (Å²) in [6.07, 6.45) is -28.6. The van der Waals surface area contributed by atoms with Crippen molar-refractivity contribution in [3.63, 3.8) is 0 Å². The van der Waals surface area contributed by atoms with E-state index in [2.05, 4.69) is 0 Å². The summed E-state index contributed by atoms with van der Waals surface area (Å²) in [7, 11) is -10.4. The molecule has 0 saturated heterocycles. The first-order valence-electron chi connectivity index (χ1n) is 8.23. The molecule has 29 heteroatoms. The summed E-state index contributed by atoms with van der Waals surface area (Å²) in [4.78, 5) is 0. The van der Waals surface area contributed by atoms with Gasteiger partial charge in [0.25, 0.3) is 0 Å². The smallest absolute Gasteiger partial charge is 0.297 e. The lowest BCUT2D eigenvalue weighted by atomic mass is 9.91. The van der Waals surface area contributed by atoms with Gasteiger partial charge < -0.3 is 0 Å². The van der Waals surface area contributed by atoms with Crippen LogP contribution in [0.4, 0.5) is 114 Å². The first-order valence-corrected chi connectivity index (χ1v) is 10.0. The fourth-order valence-corrected chi connectivity index (χ4v) is 4.42. The van der Waals surface area contributed by atoms with Gasteiger partial charge in [-0.3, -0.25) is 8.85 Å². The van der Waals surface area contributed by atoms with Crippen LogP contribution in [0.2, 0.25) is 0 Å². The Balaban J connectivity index is 7.83. The Bertz CT molecular complexity index is 962. The summed E-state index contributed by atoms with van der Waals surface area (Å²) >= 11 is 0. The second-order valence-electron chi connectivity index (χ2n) is 6.81. The predicted octanol–water partition coefficient (Wildman–Crippen LogP) is 8.67. The van der Waals surface area contributed by atoms with Crippen molar-refractivity contribution in [3.8, 4) is 0 Å². The molecule has 0 N–H and O–H groups in total. The standard InChI is InChI=1S/C12F26O2Si/c13-1(14)2(15)41(39-11(33,34)35,40-12(36,37)38)10(31,32)8(26,27)6(22,23)4(18,19)3(16,17)5(20,21)7(24,25)9(28,29)30. The van der Waals surface area contributed by atoms with Crippen molar-refractivity contribution >= 4 is 8.56 Å². The molecule has 2 nitrogen and oxygen atoms in total. The van der Waals surface area contributed by atoms with Crippen molar-refractivity contribution in [3.05, 3.63) is 11.5 Å². The Morgan fingerprint density at radius 2 is 0.610 bits per heavy atom. The van der Waals surface area contributed by atoms with Crippen molar-refractivity contribution in [2.45, 2.75) is 60.0 Å². The molecule has 0 bridgehead atoms. The third kappa shape index (κ3) is 5.84. The Morgan fingerprint density at radius 1 is 0.366 bits per heavy atom. The summed E-state index contributed by atoms with van der Waals surface area (Å²) < 4.78 is 341. The van der Waals surface area contributed by atoms with Gasteiger partial charge in [0.05, 0.1) is 0 Å². The molecule has 0 spiro atoms. The molecule has 0 aromatic rings. The molecule has 0 fully saturated rings. The van der Waals surface area contributed by atoms with Crippen molar-refractivity contribution in [2.75, 3.05) is 0 Å². The van der Waals surface area contributed by atoms with Gasteiger partial charge in [0.15, 0.2) is 0 Å². The summed E-state index contributed by atoms with van der Waals surface area (Å²) in [5.74, 6) is -55.9. The normalized spacial score (nSPS) is 16.2. The van der Waals surface area contributed by atoms with Gasteiger partial charge in [-0.25, -0.2) is 4.39 Å². The fraction of sp³-hybridized carbons (Fsp3) is 0.833. The van der Waals surface area contributed by atoms with Crippen LogP contribution >= 0.6 is 0 Å². The van der Waals surface area contributed by atoms with Gasteiger partial charge in [0.1, 0.15) is 0 Å². The summed E-state index contributed by atoms with van der Waals surface area (Å²) in [6.45, 7) is 0. The van der Waals surface area contributed by atoms with Crippen LogP contribution < -0.4 is 0 Å². The van der Waals surface area contributed by atoms with Gasteiger partial charge in [0, 0.05) is 0 Å². The summed E-state index contributed by atoms with van der Waals surface area (Å²) in [6, 6.07) is 0. The monoisotopic (exact) mass is 698 g/mol. The van der Waals surface area contributed by atoms with Crippen molar-refractivity contribution in [1.29, 1.82) is 0 Å². The molecule has 0 radical (unpaired) electrons. The minimum atomic E-state index is -10.4. The Labute approximate surface area is 204 Å². The molecule has 0 amide bonds. The van der Waals surface area contributed by atoms with Gasteiger partial charge in [0.2, 0.25) is 5.45 Å². The van der Waals surface area contributed by atoms with Gasteiger partial charge in [-0.1, -0.05) is 0 Å². The minimum Gasteiger partial charge on any atom is -0.297 e. The van der Waals surface area contributed by atoms with Crippen LogP contribution in [-0.2, 0) is 8.85 Å². The van der Waals surface area contributed by atoms with E-state index in [1.807, 2.05) is 0 Å². The number of hydrogen-bond donors (Lipinski definition) is 0. The molecule has 0 saturated carbocycles. The average Bonchev–Trinajstić information content (AvgIpc) is 2.68. The molecule has 0 heterocycles. The van der Waals surface area contributed by atoms with E-state index in [9.17, 15) is 114 Å². The van der Waals surface area contributed by atoms with Crippen molar-refractivity contribution in [2.24, 2.45) is 0 Å². The minimum absolute atomic E-state index is 1.41. The summed E-state index contributed by atoms with van der Waals surface area (Å²) in [5, 5.41) is 0. The van der Waals surface area contributed by atoms with Crippen LogP contribution in [0.15, 0.2) is 11.5 Å². The molecule has 41 heavy (non-hydrogen) atoms. The van der Waals surface area contributed by atoms with Gasteiger partial charge in [-0.2, -0.15) is 83.4 Å². The molecule has 0 aliphatic heterocycles. The largest absolute Gasteiger partial charge is 0.514 e. The third-order valence-corrected chi connectivity index (χ3v) is 7.05. The molecule has 0 aromatic heterocycles. The molecule has 0 aliphatic carbocycles. The first kappa shape index (κ1) is 39.1. The maximum Gasteiger partial charge on any atom is 0.514 e. The van der Waals surface area contributed by atoms with Crippen LogP contribution in [0.1, 0.15) is 0 Å². The lowest BCUT2D eigenvalue weighted by Gasteiger charge is -2.45. The molecule has 0 atom stereocenters. The molecular weight excluding hydrogens is 698 g/mol. The van der Waals surface area contributed by atoms with Gasteiger partial charge >= 0.3 is 74.6 Å². The molecule has 0 rings (SSSR count). The van der Waals surface area contributed by atoms with Gasteiger partial charge in [-0.05, 0) is 0 Å². The SMILES string of the molecule is FC(F)=C(F)[Si](OC(F)(F)F)(OC(F)(F)F)C(F)(F)C(F)(F)C(F)(F)C(F)(F)C(F)(F)C(F)(F)C(F)(F)C(F)(F)F. The van der Waals surface area contributed by atoms with E-state index >= 15 is 0 Å². The van der Waals surface area contributed by atoms with E-state index in [1.54, 1.807) is 0 Å². The van der Waals surface area contributed by atoms with Crippen LogP contribution in [-0.4, -0.2) is 68.5 Å². The number of halogens is 26. The fourth-order valence-electron chi connectivity index (χ4n) is 2.20. The first-order chi connectivity index (χ1) is 17.3. The maximum atomic E-state index is 14.2. The van der Waals surface area contributed by atoms with Crippen LogP contribution in [0.3, 0.4) is 0 Å². The Kier molecular flexibility index (Phi) is 9.59. The Morgan fingerprint density at radius 3 is 0.829 bits per heavy atom. The van der Waals surface area contributed by atoms with Crippen molar-refractivity contribution < 1.29 is 123 Å². The van der Waals surface area contributed by atoms with Crippen molar-refractivity contribution in [1.82, 2.24) is 0 Å². The molecule has 0 aromatic carbocycles. The quantitative estimate of drug-likeness (QED) is 0.168. The third-order valence-electron chi connectivity index (χ3n) is 4.11. The zero-order valence-corrected chi connectivity index (χ0v) is 18.1. The van der Waals surface area contributed by atoms with E-state index in [0.717, 1.165) is 0 Å². The van der Waals surface area contributed by atoms with E-state index in [1.165, 1.54) is 8.85 Å². The highest BCUT2D eigenvalue weighted by molar-refractivity contribution is 6.77. The van der Waals surface area contributed by atoms with E-state index in [-0.39, 0.29) is 0 Å². The number of rotatable bonds is 10. The predicted molar refractivity (Wildman–Crippen MR) is 71.1 cm³/mol. The topological polar surface area (TPSA) is 18.5 Å². The highest BCUT2D eigenvalue weighted by Crippen LogP contribution is 2.65. The molecule has 0 unspecified atom stereocenters. The zero-order valence-electron chi connectivity index (χ0n) is 17.1. The number of alkyl halides is 23. The zero-order chi connectivity index (χ0) is 34.1. The van der Waals surface area contributed by atoms with Crippen LogP contribution in [0, 0.1) is 0 Å². The highest BCUT2D eigenvalue weighted by Gasteiger charge is 2.98. The number of hydrogen-bond acceptors (Lipinski definition) is 2. The maximum absolute atomic E-state index is 14.2. The van der Waals surface area contributed by atoms with Crippen LogP contribution in [0.25, 0.3) is 0 Å². The Hall–Kier alpha value is -1.94. The second kappa shape index (κ2) is 10.1. The van der Waals surface area contributed by atoms with E-state index in [0.29, 0.717) is 0 Å². The molecular formula is C12F26O2Si. The summed E-state index contributed by atoms with van der Waals surface area (Å²) in [5.41, 5.74) is -14.5. The lowest BCUT2D eigenvalue weighted by molar-refractivity contribution is -0.460. The highest BCUT2D eigenvalue weighted by atomic mass is 28.4. The van der Waals surface area contributed by atoms with Gasteiger partial charge in [-0.15, -0.1) is 26.3 Å². The lowest BCUT2D eigenvalue weighted by Crippen LogP contribution is -2.79.